The second-order valence-electron chi connectivity index (χ2n) is 4.06. The standard InChI is InChI=1S/C14H8BrCl2FO/c1-7-2-3-9(10(15)4-7)14(19)13-11(16)5-8(18)6-12(13)17/h2-6H,1H3. The van der Waals surface area contributed by atoms with Gasteiger partial charge in [-0.3, -0.25) is 4.79 Å². The van der Waals surface area contributed by atoms with Crippen molar-refractivity contribution in [3.63, 3.8) is 0 Å². The van der Waals surface area contributed by atoms with Gasteiger partial charge in [0, 0.05) is 10.0 Å². The van der Waals surface area contributed by atoms with Crippen molar-refractivity contribution in [1.82, 2.24) is 0 Å². The smallest absolute Gasteiger partial charge is 0.197 e. The minimum Gasteiger partial charge on any atom is -0.288 e. The fourth-order valence-corrected chi connectivity index (χ4v) is 3.00. The Morgan fingerprint density at radius 1 is 1.16 bits per heavy atom. The second-order valence-corrected chi connectivity index (χ2v) is 5.73. The van der Waals surface area contributed by atoms with Gasteiger partial charge in [-0.15, -0.1) is 0 Å². The molecule has 1 nitrogen and oxygen atoms in total. The Morgan fingerprint density at radius 2 is 1.74 bits per heavy atom. The van der Waals surface area contributed by atoms with Crippen LogP contribution in [0.15, 0.2) is 34.8 Å². The van der Waals surface area contributed by atoms with Crippen LogP contribution < -0.4 is 0 Å². The summed E-state index contributed by atoms with van der Waals surface area (Å²) < 4.78 is 13.8. The highest BCUT2D eigenvalue weighted by Gasteiger charge is 2.20. The second kappa shape index (κ2) is 5.61. The summed E-state index contributed by atoms with van der Waals surface area (Å²) in [6.45, 7) is 1.91. The van der Waals surface area contributed by atoms with Crippen LogP contribution >= 0.6 is 39.1 Å². The van der Waals surface area contributed by atoms with E-state index in [1.165, 1.54) is 0 Å². The zero-order valence-corrected chi connectivity index (χ0v) is 12.9. The third-order valence-electron chi connectivity index (χ3n) is 2.60. The average molecular weight is 362 g/mol. The van der Waals surface area contributed by atoms with Crippen molar-refractivity contribution >= 4 is 44.9 Å². The Bertz CT molecular complexity index is 647. The Hall–Kier alpha value is -0.900. The summed E-state index contributed by atoms with van der Waals surface area (Å²) in [6, 6.07) is 7.45. The Balaban J connectivity index is 2.56. The van der Waals surface area contributed by atoms with Crippen LogP contribution in [0.4, 0.5) is 4.39 Å². The van der Waals surface area contributed by atoms with E-state index in [0.717, 1.165) is 17.7 Å². The summed E-state index contributed by atoms with van der Waals surface area (Å²) in [5, 5.41) is 0.00458. The van der Waals surface area contributed by atoms with E-state index in [0.29, 0.717) is 10.0 Å². The summed E-state index contributed by atoms with van der Waals surface area (Å²) in [4.78, 5) is 12.4. The average Bonchev–Trinajstić information content (AvgIpc) is 2.26. The van der Waals surface area contributed by atoms with Gasteiger partial charge < -0.3 is 0 Å². The highest BCUT2D eigenvalue weighted by atomic mass is 79.9. The van der Waals surface area contributed by atoms with Crippen LogP contribution in [0.5, 0.6) is 0 Å². The molecule has 0 spiro atoms. The maximum atomic E-state index is 13.1. The quantitative estimate of drug-likeness (QED) is 0.651. The normalized spacial score (nSPS) is 10.6. The number of ketones is 1. The predicted octanol–water partition coefficient (Wildman–Crippen LogP) is 5.43. The van der Waals surface area contributed by atoms with Crippen molar-refractivity contribution in [3.05, 3.63) is 67.4 Å². The molecule has 2 aromatic carbocycles. The first-order valence-corrected chi connectivity index (χ1v) is 6.90. The zero-order valence-electron chi connectivity index (χ0n) is 9.81. The van der Waals surface area contributed by atoms with E-state index in [-0.39, 0.29) is 21.4 Å². The van der Waals surface area contributed by atoms with Crippen LogP contribution in [0.3, 0.4) is 0 Å². The van der Waals surface area contributed by atoms with Crippen LogP contribution in [0.1, 0.15) is 21.5 Å². The third-order valence-corrected chi connectivity index (χ3v) is 3.86. The molecule has 0 bridgehead atoms. The van der Waals surface area contributed by atoms with Gasteiger partial charge in [0.15, 0.2) is 5.78 Å². The van der Waals surface area contributed by atoms with Crippen LogP contribution in [0.2, 0.25) is 10.0 Å². The van der Waals surface area contributed by atoms with E-state index >= 15 is 0 Å². The summed E-state index contributed by atoms with van der Waals surface area (Å²) in [5.41, 5.74) is 1.55. The van der Waals surface area contributed by atoms with Crippen molar-refractivity contribution in [1.29, 1.82) is 0 Å². The largest absolute Gasteiger partial charge is 0.288 e. The minimum atomic E-state index is -0.575. The lowest BCUT2D eigenvalue weighted by atomic mass is 10.0. The predicted molar refractivity (Wildman–Crippen MR) is 78.7 cm³/mol. The van der Waals surface area contributed by atoms with Gasteiger partial charge in [0.1, 0.15) is 5.82 Å². The van der Waals surface area contributed by atoms with Crippen LogP contribution in [0.25, 0.3) is 0 Å². The molecule has 19 heavy (non-hydrogen) atoms. The fraction of sp³-hybridized carbons (Fsp3) is 0.0714. The number of benzene rings is 2. The number of rotatable bonds is 2. The summed E-state index contributed by atoms with van der Waals surface area (Å²) in [7, 11) is 0. The molecular weight excluding hydrogens is 354 g/mol. The lowest BCUT2D eigenvalue weighted by Crippen LogP contribution is -2.05. The lowest BCUT2D eigenvalue weighted by Gasteiger charge is -2.08. The van der Waals surface area contributed by atoms with Crippen LogP contribution in [-0.4, -0.2) is 5.78 Å². The number of hydrogen-bond donors (Lipinski definition) is 0. The van der Waals surface area contributed by atoms with Gasteiger partial charge in [-0.1, -0.05) is 45.2 Å². The van der Waals surface area contributed by atoms with Crippen molar-refractivity contribution in [3.8, 4) is 0 Å². The van der Waals surface area contributed by atoms with E-state index in [4.69, 9.17) is 23.2 Å². The highest BCUT2D eigenvalue weighted by molar-refractivity contribution is 9.10. The zero-order chi connectivity index (χ0) is 14.2. The van der Waals surface area contributed by atoms with E-state index in [1.54, 1.807) is 6.07 Å². The monoisotopic (exact) mass is 360 g/mol. The number of halogens is 4. The van der Waals surface area contributed by atoms with E-state index in [2.05, 4.69) is 15.9 Å². The molecule has 2 rings (SSSR count). The van der Waals surface area contributed by atoms with Gasteiger partial charge in [-0.2, -0.15) is 0 Å². The fourth-order valence-electron chi connectivity index (χ4n) is 1.70. The molecule has 0 N–H and O–H groups in total. The van der Waals surface area contributed by atoms with Crippen molar-refractivity contribution in [2.75, 3.05) is 0 Å². The summed E-state index contributed by atoms with van der Waals surface area (Å²) >= 11 is 15.1. The Kier molecular flexibility index (Phi) is 4.29. The Morgan fingerprint density at radius 3 is 2.26 bits per heavy atom. The van der Waals surface area contributed by atoms with Crippen molar-refractivity contribution in [2.24, 2.45) is 0 Å². The number of hydrogen-bond acceptors (Lipinski definition) is 1. The molecule has 0 heterocycles. The van der Waals surface area contributed by atoms with Gasteiger partial charge in [0.05, 0.1) is 15.6 Å². The van der Waals surface area contributed by atoms with Gasteiger partial charge in [-0.05, 0) is 36.8 Å². The summed E-state index contributed by atoms with van der Waals surface area (Å²) in [6.07, 6.45) is 0. The number of carbonyl (C=O) groups excluding carboxylic acids is 1. The topological polar surface area (TPSA) is 17.1 Å². The molecule has 0 amide bonds. The minimum absolute atomic E-state index is 0.00229. The first kappa shape index (κ1) is 14.5. The van der Waals surface area contributed by atoms with Crippen LogP contribution in [-0.2, 0) is 0 Å². The van der Waals surface area contributed by atoms with E-state index < -0.39 is 5.82 Å². The maximum absolute atomic E-state index is 13.1. The van der Waals surface area contributed by atoms with Gasteiger partial charge in [0.2, 0.25) is 0 Å². The molecule has 0 atom stereocenters. The Labute approximate surface area is 128 Å². The van der Waals surface area contributed by atoms with Crippen molar-refractivity contribution < 1.29 is 9.18 Å². The first-order chi connectivity index (χ1) is 8.90. The number of carbonyl (C=O) groups is 1. The molecule has 0 saturated carbocycles. The lowest BCUT2D eigenvalue weighted by molar-refractivity contribution is 0.103. The van der Waals surface area contributed by atoms with Gasteiger partial charge in [-0.25, -0.2) is 4.39 Å². The molecule has 98 valence electrons. The molecule has 0 aliphatic heterocycles. The van der Waals surface area contributed by atoms with Crippen molar-refractivity contribution in [2.45, 2.75) is 6.92 Å². The molecule has 0 radical (unpaired) electrons. The molecule has 5 heteroatoms. The molecule has 0 saturated heterocycles. The molecule has 2 aromatic rings. The van der Waals surface area contributed by atoms with Gasteiger partial charge >= 0.3 is 0 Å². The maximum Gasteiger partial charge on any atom is 0.197 e. The van der Waals surface area contributed by atoms with Crippen LogP contribution in [0, 0.1) is 12.7 Å². The molecule has 0 aromatic heterocycles. The SMILES string of the molecule is Cc1ccc(C(=O)c2c(Cl)cc(F)cc2Cl)c(Br)c1. The summed E-state index contributed by atoms with van der Waals surface area (Å²) in [5.74, 6) is -0.920. The molecule has 0 fully saturated rings. The molecule has 0 aliphatic rings. The molecule has 0 aliphatic carbocycles. The first-order valence-electron chi connectivity index (χ1n) is 5.35. The third kappa shape index (κ3) is 2.99. The van der Waals surface area contributed by atoms with Gasteiger partial charge in [0.25, 0.3) is 0 Å². The van der Waals surface area contributed by atoms with E-state index in [1.807, 2.05) is 19.1 Å². The van der Waals surface area contributed by atoms with E-state index in [9.17, 15) is 9.18 Å². The molecular formula is C14H8BrCl2FO. The highest BCUT2D eigenvalue weighted by Crippen LogP contribution is 2.30. The number of aryl methyl sites for hydroxylation is 1. The molecule has 0 unspecified atom stereocenters.